The summed E-state index contributed by atoms with van der Waals surface area (Å²) in [6.07, 6.45) is 3.72. The van der Waals surface area contributed by atoms with Crippen molar-refractivity contribution in [3.8, 4) is 0 Å². The normalized spacial score (nSPS) is 12.9. The van der Waals surface area contributed by atoms with Gasteiger partial charge in [0.05, 0.1) is 11.6 Å². The Bertz CT molecular complexity index is 1040. The first-order valence-electron chi connectivity index (χ1n) is 10.0. The molecule has 0 radical (unpaired) electrons. The lowest BCUT2D eigenvalue weighted by Gasteiger charge is -2.32. The maximum absolute atomic E-state index is 4.49. The summed E-state index contributed by atoms with van der Waals surface area (Å²) in [7, 11) is 0. The summed E-state index contributed by atoms with van der Waals surface area (Å²) in [4.78, 5) is 8.12. The molecule has 0 saturated heterocycles. The minimum atomic E-state index is -0.235. The SMILES string of the molecule is CC(C)(C)n1nnnc1[C@H](c1cccnc1)N(Cc1ccccc1)Cc1cccs1. The van der Waals surface area contributed by atoms with Crippen molar-refractivity contribution in [3.05, 3.63) is 94.2 Å². The van der Waals surface area contributed by atoms with Crippen LogP contribution in [0.1, 0.15) is 48.6 Å². The Morgan fingerprint density at radius 2 is 1.83 bits per heavy atom. The molecule has 0 unspecified atom stereocenters. The molecule has 1 aromatic carbocycles. The van der Waals surface area contributed by atoms with Gasteiger partial charge in [0.2, 0.25) is 0 Å². The van der Waals surface area contributed by atoms with Gasteiger partial charge in [0.25, 0.3) is 0 Å². The smallest absolute Gasteiger partial charge is 0.173 e. The average molecular weight is 419 g/mol. The first-order valence-corrected chi connectivity index (χ1v) is 10.9. The molecular weight excluding hydrogens is 392 g/mol. The van der Waals surface area contributed by atoms with Crippen LogP contribution in [0.2, 0.25) is 0 Å². The fourth-order valence-corrected chi connectivity index (χ4v) is 4.29. The predicted molar refractivity (Wildman–Crippen MR) is 119 cm³/mol. The van der Waals surface area contributed by atoms with E-state index in [9.17, 15) is 0 Å². The maximum Gasteiger partial charge on any atom is 0.173 e. The first-order chi connectivity index (χ1) is 14.5. The highest BCUT2D eigenvalue weighted by Crippen LogP contribution is 2.32. The number of tetrazole rings is 1. The third-order valence-electron chi connectivity index (χ3n) is 4.91. The lowest BCUT2D eigenvalue weighted by Crippen LogP contribution is -2.34. The Morgan fingerprint density at radius 1 is 1.00 bits per heavy atom. The molecule has 0 aliphatic rings. The summed E-state index contributed by atoms with van der Waals surface area (Å²) in [5.74, 6) is 0.822. The molecule has 0 aliphatic carbocycles. The molecule has 0 N–H and O–H groups in total. The molecule has 0 aliphatic heterocycles. The number of thiophene rings is 1. The summed E-state index contributed by atoms with van der Waals surface area (Å²) >= 11 is 1.77. The standard InChI is InChI=1S/C23H26N6S/c1-23(2,3)29-22(25-26-27-29)21(19-11-7-13-24-15-19)28(17-20-12-8-14-30-20)16-18-9-5-4-6-10-18/h4-15,21H,16-17H2,1-3H3/t21-/m0/s1. The molecule has 0 bridgehead atoms. The van der Waals surface area contributed by atoms with Crippen LogP contribution in [0.15, 0.2) is 72.4 Å². The zero-order valence-corrected chi connectivity index (χ0v) is 18.3. The highest BCUT2D eigenvalue weighted by atomic mass is 32.1. The quantitative estimate of drug-likeness (QED) is 0.436. The molecule has 0 amide bonds. The second-order valence-electron chi connectivity index (χ2n) is 8.28. The van der Waals surface area contributed by atoms with E-state index in [1.165, 1.54) is 10.4 Å². The van der Waals surface area contributed by atoms with Gasteiger partial charge in [-0.2, -0.15) is 0 Å². The van der Waals surface area contributed by atoms with Crippen LogP contribution in [-0.2, 0) is 18.6 Å². The molecule has 6 nitrogen and oxygen atoms in total. The zero-order chi connectivity index (χ0) is 21.0. The average Bonchev–Trinajstić information content (AvgIpc) is 3.42. The van der Waals surface area contributed by atoms with Crippen LogP contribution in [-0.4, -0.2) is 30.1 Å². The predicted octanol–water partition coefficient (Wildman–Crippen LogP) is 4.68. The fourth-order valence-electron chi connectivity index (χ4n) is 3.56. The van der Waals surface area contributed by atoms with E-state index >= 15 is 0 Å². The summed E-state index contributed by atoms with van der Waals surface area (Å²) < 4.78 is 1.93. The third-order valence-corrected chi connectivity index (χ3v) is 5.77. The Balaban J connectivity index is 1.82. The molecule has 0 fully saturated rings. The molecule has 0 spiro atoms. The number of hydrogen-bond acceptors (Lipinski definition) is 6. The monoisotopic (exact) mass is 418 g/mol. The number of benzene rings is 1. The van der Waals surface area contributed by atoms with Gasteiger partial charge in [-0.05, 0) is 59.8 Å². The molecular formula is C23H26N6S. The number of pyridine rings is 1. The van der Waals surface area contributed by atoms with Crippen molar-refractivity contribution in [2.75, 3.05) is 0 Å². The molecule has 3 heterocycles. The Labute approximate surface area is 181 Å². The molecule has 7 heteroatoms. The molecule has 4 rings (SSSR count). The number of nitrogens with zero attached hydrogens (tertiary/aromatic N) is 6. The van der Waals surface area contributed by atoms with Gasteiger partial charge >= 0.3 is 0 Å². The van der Waals surface area contributed by atoms with Gasteiger partial charge in [0.1, 0.15) is 0 Å². The lowest BCUT2D eigenvalue weighted by molar-refractivity contribution is 0.186. The van der Waals surface area contributed by atoms with Crippen molar-refractivity contribution in [2.45, 2.75) is 45.4 Å². The van der Waals surface area contributed by atoms with E-state index in [1.807, 2.05) is 23.0 Å². The molecule has 154 valence electrons. The van der Waals surface area contributed by atoms with E-state index < -0.39 is 0 Å². The summed E-state index contributed by atoms with van der Waals surface area (Å²) in [6.45, 7) is 7.92. The van der Waals surface area contributed by atoms with Crippen LogP contribution in [0.4, 0.5) is 0 Å². The van der Waals surface area contributed by atoms with Crippen molar-refractivity contribution in [1.82, 2.24) is 30.1 Å². The van der Waals surface area contributed by atoms with Gasteiger partial charge in [-0.25, -0.2) is 4.68 Å². The molecule has 4 aromatic rings. The minimum Gasteiger partial charge on any atom is -0.280 e. The Kier molecular flexibility index (Phi) is 6.01. The van der Waals surface area contributed by atoms with Gasteiger partial charge in [-0.1, -0.05) is 42.5 Å². The van der Waals surface area contributed by atoms with Crippen molar-refractivity contribution in [1.29, 1.82) is 0 Å². The maximum atomic E-state index is 4.49. The van der Waals surface area contributed by atoms with Crippen molar-refractivity contribution in [2.24, 2.45) is 0 Å². The van der Waals surface area contributed by atoms with Gasteiger partial charge in [0.15, 0.2) is 5.82 Å². The van der Waals surface area contributed by atoms with Crippen LogP contribution in [0.3, 0.4) is 0 Å². The molecule has 3 aromatic heterocycles. The van der Waals surface area contributed by atoms with Crippen LogP contribution in [0.25, 0.3) is 0 Å². The third kappa shape index (κ3) is 4.63. The van der Waals surface area contributed by atoms with Crippen LogP contribution in [0.5, 0.6) is 0 Å². The number of rotatable bonds is 7. The largest absolute Gasteiger partial charge is 0.280 e. The summed E-state index contributed by atoms with van der Waals surface area (Å²) in [6, 6.07) is 18.7. The number of aromatic nitrogens is 5. The van der Waals surface area contributed by atoms with E-state index in [1.54, 1.807) is 17.5 Å². The van der Waals surface area contributed by atoms with Crippen LogP contribution in [0, 0.1) is 0 Å². The van der Waals surface area contributed by atoms with Crippen LogP contribution < -0.4 is 0 Å². The van der Waals surface area contributed by atoms with E-state index in [2.05, 4.69) is 94.0 Å². The first kappa shape index (κ1) is 20.4. The summed E-state index contributed by atoms with van der Waals surface area (Å²) in [5, 5.41) is 15.0. The summed E-state index contributed by atoms with van der Waals surface area (Å²) in [5.41, 5.74) is 2.09. The van der Waals surface area contributed by atoms with Crippen molar-refractivity contribution < 1.29 is 0 Å². The lowest BCUT2D eigenvalue weighted by atomic mass is 10.0. The molecule has 1 atom stereocenters. The Hall–Kier alpha value is -2.90. The zero-order valence-electron chi connectivity index (χ0n) is 17.5. The number of hydrogen-bond donors (Lipinski definition) is 0. The van der Waals surface area contributed by atoms with Gasteiger partial charge in [-0.3, -0.25) is 9.88 Å². The van der Waals surface area contributed by atoms with Crippen molar-refractivity contribution in [3.63, 3.8) is 0 Å². The fraction of sp³-hybridized carbons (Fsp3) is 0.304. The van der Waals surface area contributed by atoms with Crippen LogP contribution >= 0.6 is 11.3 Å². The second kappa shape index (κ2) is 8.85. The molecule has 0 saturated carbocycles. The van der Waals surface area contributed by atoms with E-state index in [-0.39, 0.29) is 11.6 Å². The topological polar surface area (TPSA) is 59.7 Å². The highest BCUT2D eigenvalue weighted by Gasteiger charge is 2.32. The van der Waals surface area contributed by atoms with Gasteiger partial charge < -0.3 is 0 Å². The highest BCUT2D eigenvalue weighted by molar-refractivity contribution is 7.09. The van der Waals surface area contributed by atoms with E-state index in [4.69, 9.17) is 0 Å². The molecule has 30 heavy (non-hydrogen) atoms. The Morgan fingerprint density at radius 3 is 2.50 bits per heavy atom. The minimum absolute atomic E-state index is 0.129. The van der Waals surface area contributed by atoms with E-state index in [0.29, 0.717) is 0 Å². The van der Waals surface area contributed by atoms with Gasteiger partial charge in [0, 0.05) is 30.4 Å². The van der Waals surface area contributed by atoms with E-state index in [0.717, 1.165) is 24.5 Å². The van der Waals surface area contributed by atoms with Gasteiger partial charge in [-0.15, -0.1) is 16.4 Å². The van der Waals surface area contributed by atoms with Crippen molar-refractivity contribution >= 4 is 11.3 Å². The second-order valence-corrected chi connectivity index (χ2v) is 9.31.